The molecular formula is C4H6B2O3S. The topological polar surface area (TPSA) is 49.7 Å². The van der Waals surface area contributed by atoms with Gasteiger partial charge in [0, 0.05) is 0 Å². The fourth-order valence-corrected chi connectivity index (χ4v) is 0.708. The first kappa shape index (κ1) is 9.71. The third-order valence-corrected chi connectivity index (χ3v) is 1.18. The van der Waals surface area contributed by atoms with Gasteiger partial charge in [-0.2, -0.15) is 11.3 Å². The maximum Gasteiger partial charge on any atom is 0.469 e. The van der Waals surface area contributed by atoms with Gasteiger partial charge in [-0.05, 0) is 10.8 Å². The van der Waals surface area contributed by atoms with Gasteiger partial charge in [0.1, 0.15) is 0 Å². The molecule has 3 nitrogen and oxygen atoms in total. The highest BCUT2D eigenvalue weighted by Gasteiger charge is 1.80. The third-order valence-electron chi connectivity index (χ3n) is 0.547. The zero-order chi connectivity index (χ0) is 7.66. The van der Waals surface area contributed by atoms with E-state index in [1.807, 2.05) is 22.9 Å². The summed E-state index contributed by atoms with van der Waals surface area (Å²) in [6.45, 7) is 0. The minimum absolute atomic E-state index is 0.375. The van der Waals surface area contributed by atoms with Crippen LogP contribution in [0.3, 0.4) is 0 Å². The average molecular weight is 156 g/mol. The van der Waals surface area contributed by atoms with Crippen LogP contribution in [-0.2, 0) is 4.57 Å². The van der Waals surface area contributed by atoms with E-state index in [4.69, 9.17) is 10.0 Å². The van der Waals surface area contributed by atoms with Gasteiger partial charge < -0.3 is 14.6 Å². The molecule has 2 radical (unpaired) electrons. The Bertz CT molecular complexity index is 105. The molecule has 6 heteroatoms. The quantitative estimate of drug-likeness (QED) is 0.582. The summed E-state index contributed by atoms with van der Waals surface area (Å²) >= 11 is 1.71. The van der Waals surface area contributed by atoms with Crippen molar-refractivity contribution in [3.05, 3.63) is 22.9 Å². The molecular weight excluding hydrogens is 150 g/mol. The van der Waals surface area contributed by atoms with Crippen molar-refractivity contribution in [2.45, 2.75) is 0 Å². The zero-order valence-electron chi connectivity index (χ0n) is 5.18. The predicted molar refractivity (Wildman–Crippen MR) is 41.3 cm³/mol. The Balaban J connectivity index is 0.000000162. The van der Waals surface area contributed by atoms with Gasteiger partial charge >= 0.3 is 15.4 Å². The lowest BCUT2D eigenvalue weighted by Crippen LogP contribution is -2.00. The molecule has 52 valence electrons. The normalized spacial score (nSPS) is 7.40. The van der Waals surface area contributed by atoms with Crippen LogP contribution in [0.4, 0.5) is 0 Å². The molecule has 0 bridgehead atoms. The van der Waals surface area contributed by atoms with Gasteiger partial charge in [-0.25, -0.2) is 0 Å². The van der Waals surface area contributed by atoms with Gasteiger partial charge in [-0.1, -0.05) is 12.1 Å². The molecule has 1 aromatic rings. The van der Waals surface area contributed by atoms with Gasteiger partial charge in [-0.3, -0.25) is 0 Å². The van der Waals surface area contributed by atoms with Crippen molar-refractivity contribution < 1.29 is 14.6 Å². The lowest BCUT2D eigenvalue weighted by molar-refractivity contribution is 0.408. The number of thiophene rings is 1. The maximum absolute atomic E-state index is 7.53. The molecule has 0 spiro atoms. The lowest BCUT2D eigenvalue weighted by Gasteiger charge is -1.78. The molecule has 0 unspecified atom stereocenters. The summed E-state index contributed by atoms with van der Waals surface area (Å²) in [5.74, 6) is 0. The first-order chi connectivity index (χ1) is 4.91. The summed E-state index contributed by atoms with van der Waals surface area (Å²) in [7, 11) is 0.750. The Morgan fingerprint density at radius 1 is 1.10 bits per heavy atom. The van der Waals surface area contributed by atoms with Crippen LogP contribution in [0.15, 0.2) is 22.9 Å². The predicted octanol–water partition coefficient (Wildman–Crippen LogP) is -0.196. The van der Waals surface area contributed by atoms with Crippen LogP contribution in [0.25, 0.3) is 0 Å². The van der Waals surface area contributed by atoms with Crippen molar-refractivity contribution in [2.75, 3.05) is 0 Å². The van der Waals surface area contributed by atoms with Crippen LogP contribution in [0.2, 0.25) is 0 Å². The van der Waals surface area contributed by atoms with E-state index in [2.05, 4.69) is 4.57 Å². The van der Waals surface area contributed by atoms with Crippen molar-refractivity contribution >= 4 is 26.7 Å². The highest BCUT2D eigenvalue weighted by Crippen LogP contribution is 1.91. The van der Waals surface area contributed by atoms with Gasteiger partial charge in [0.2, 0.25) is 0 Å². The van der Waals surface area contributed by atoms with E-state index < -0.39 is 0 Å². The minimum atomic E-state index is 0.375. The third kappa shape index (κ3) is 7.71. The molecule has 0 saturated heterocycles. The van der Waals surface area contributed by atoms with Crippen LogP contribution in [0.5, 0.6) is 0 Å². The van der Waals surface area contributed by atoms with Crippen LogP contribution < -0.4 is 0 Å². The van der Waals surface area contributed by atoms with Gasteiger partial charge in [0.05, 0.1) is 0 Å². The van der Waals surface area contributed by atoms with E-state index in [0.29, 0.717) is 15.4 Å². The van der Waals surface area contributed by atoms with E-state index in [9.17, 15) is 0 Å². The van der Waals surface area contributed by atoms with Crippen LogP contribution in [0, 0.1) is 0 Å². The largest absolute Gasteiger partial charge is 0.469 e. The number of hydrogen-bond donors (Lipinski definition) is 2. The molecule has 1 aromatic heterocycles. The average Bonchev–Trinajstić information content (AvgIpc) is 2.44. The van der Waals surface area contributed by atoms with Gasteiger partial charge in [0.15, 0.2) is 0 Å². The lowest BCUT2D eigenvalue weighted by atomic mass is 10.3. The summed E-state index contributed by atoms with van der Waals surface area (Å²) in [5, 5.41) is 19.1. The molecule has 0 atom stereocenters. The molecule has 0 aromatic carbocycles. The highest BCUT2D eigenvalue weighted by atomic mass is 32.1. The molecule has 0 fully saturated rings. The number of rotatable bonds is 2. The smallest absolute Gasteiger partial charge is 0.456 e. The van der Waals surface area contributed by atoms with E-state index in [-0.39, 0.29) is 0 Å². The summed E-state index contributed by atoms with van der Waals surface area (Å²) in [5.41, 5.74) is 0. The number of hydrogen-bond acceptors (Lipinski definition) is 4. The highest BCUT2D eigenvalue weighted by molar-refractivity contribution is 7.07. The second kappa shape index (κ2) is 8.71. The molecule has 0 aliphatic carbocycles. The summed E-state index contributed by atoms with van der Waals surface area (Å²) in [4.78, 5) is 0. The molecule has 10 heavy (non-hydrogen) atoms. The van der Waals surface area contributed by atoms with E-state index in [0.717, 1.165) is 0 Å². The SMILES string of the molecule is O[B]O[B]O.c1ccsc1. The fraction of sp³-hybridized carbons (Fsp3) is 0. The van der Waals surface area contributed by atoms with Crippen LogP contribution >= 0.6 is 11.3 Å². The van der Waals surface area contributed by atoms with Gasteiger partial charge in [0.25, 0.3) is 0 Å². The molecule has 1 rings (SSSR count). The standard InChI is InChI=1S/C4H4S.B2H2O3/c1-2-4-5-3-1;3-1-5-2-4/h1-4H;3-4H. The van der Waals surface area contributed by atoms with E-state index in [1.54, 1.807) is 11.3 Å². The van der Waals surface area contributed by atoms with Crippen molar-refractivity contribution in [2.24, 2.45) is 0 Å². The molecule has 0 amide bonds. The molecule has 0 aliphatic heterocycles. The second-order valence-corrected chi connectivity index (χ2v) is 1.96. The van der Waals surface area contributed by atoms with Crippen molar-refractivity contribution in [3.8, 4) is 0 Å². The molecule has 2 N–H and O–H groups in total. The van der Waals surface area contributed by atoms with E-state index in [1.165, 1.54) is 0 Å². The zero-order valence-corrected chi connectivity index (χ0v) is 5.99. The Morgan fingerprint density at radius 3 is 1.70 bits per heavy atom. The van der Waals surface area contributed by atoms with Gasteiger partial charge in [-0.15, -0.1) is 0 Å². The molecule has 0 aliphatic rings. The summed E-state index contributed by atoms with van der Waals surface area (Å²) in [6.07, 6.45) is 0. The van der Waals surface area contributed by atoms with Crippen LogP contribution in [0.1, 0.15) is 0 Å². The minimum Gasteiger partial charge on any atom is -0.456 e. The van der Waals surface area contributed by atoms with Crippen LogP contribution in [-0.4, -0.2) is 25.4 Å². The fourth-order valence-electron chi connectivity index (χ4n) is 0.254. The second-order valence-electron chi connectivity index (χ2n) is 1.14. The first-order valence-corrected chi connectivity index (χ1v) is 3.40. The molecule has 0 saturated carbocycles. The Morgan fingerprint density at radius 2 is 1.60 bits per heavy atom. The Kier molecular flexibility index (Phi) is 8.46. The Labute approximate surface area is 64.9 Å². The Hall–Kier alpha value is -0.290. The van der Waals surface area contributed by atoms with E-state index >= 15 is 0 Å². The summed E-state index contributed by atoms with van der Waals surface area (Å²) in [6, 6.07) is 4.04. The first-order valence-electron chi connectivity index (χ1n) is 2.46. The summed E-state index contributed by atoms with van der Waals surface area (Å²) < 4.78 is 3.69. The van der Waals surface area contributed by atoms with Crippen molar-refractivity contribution in [3.63, 3.8) is 0 Å². The van der Waals surface area contributed by atoms with Crippen molar-refractivity contribution in [1.82, 2.24) is 0 Å². The monoisotopic (exact) mass is 156 g/mol. The molecule has 1 heterocycles. The maximum atomic E-state index is 7.53. The van der Waals surface area contributed by atoms with Crippen molar-refractivity contribution in [1.29, 1.82) is 0 Å².